The summed E-state index contributed by atoms with van der Waals surface area (Å²) in [6.07, 6.45) is 0. The molecule has 200 valence electrons. The number of aromatic nitrogens is 5. The van der Waals surface area contributed by atoms with E-state index in [1.54, 1.807) is 37.1 Å². The van der Waals surface area contributed by atoms with Gasteiger partial charge in [-0.1, -0.05) is 42.0 Å². The average Bonchev–Trinajstić information content (AvgIpc) is 3.37. The summed E-state index contributed by atoms with van der Waals surface area (Å²) in [4.78, 5) is 18.2. The van der Waals surface area contributed by atoms with Crippen molar-refractivity contribution in [3.8, 4) is 11.5 Å². The first kappa shape index (κ1) is 26.1. The number of benzene rings is 3. The second kappa shape index (κ2) is 11.4. The summed E-state index contributed by atoms with van der Waals surface area (Å²) in [7, 11) is 3.14. The lowest BCUT2D eigenvalue weighted by Crippen LogP contribution is -2.28. The number of aromatic amines is 1. The van der Waals surface area contributed by atoms with Crippen LogP contribution in [0.1, 0.15) is 28.1 Å². The van der Waals surface area contributed by atoms with Crippen molar-refractivity contribution in [3.63, 3.8) is 0 Å². The summed E-state index contributed by atoms with van der Waals surface area (Å²) < 4.78 is 25.9. The van der Waals surface area contributed by atoms with Gasteiger partial charge in [0.2, 0.25) is 0 Å². The van der Waals surface area contributed by atoms with Crippen molar-refractivity contribution in [2.24, 2.45) is 0 Å². The molecule has 0 aliphatic rings. The average molecular weight is 529 g/mol. The standard InChI is InChI=1S/C29H29FN6O3/c1-19-4-6-20(7-5-19)15-35(18-28-32-33-34-36(28)16-21-8-10-24(30)11-9-21)17-23-12-22-13-26(38-2)27(39-3)14-25(22)31-29(23)37/h4-14H,15-18H2,1-3H3,(H,31,37). The van der Waals surface area contributed by atoms with Crippen LogP contribution in [-0.4, -0.2) is 44.3 Å². The number of nitrogens with zero attached hydrogens (tertiary/aromatic N) is 5. The van der Waals surface area contributed by atoms with Crippen LogP contribution in [0.15, 0.2) is 71.5 Å². The van der Waals surface area contributed by atoms with Gasteiger partial charge in [-0.25, -0.2) is 9.07 Å². The van der Waals surface area contributed by atoms with E-state index in [9.17, 15) is 9.18 Å². The molecular weight excluding hydrogens is 499 g/mol. The molecule has 0 spiro atoms. The molecule has 2 heterocycles. The quantitative estimate of drug-likeness (QED) is 0.290. The van der Waals surface area contributed by atoms with E-state index in [1.165, 1.54) is 17.7 Å². The van der Waals surface area contributed by atoms with E-state index < -0.39 is 0 Å². The number of methoxy groups -OCH3 is 2. The monoisotopic (exact) mass is 528 g/mol. The molecule has 0 unspecified atom stereocenters. The van der Waals surface area contributed by atoms with Gasteiger partial charge in [0.15, 0.2) is 17.3 Å². The van der Waals surface area contributed by atoms with Gasteiger partial charge in [0.1, 0.15) is 5.82 Å². The van der Waals surface area contributed by atoms with Crippen LogP contribution in [0, 0.1) is 12.7 Å². The zero-order valence-corrected chi connectivity index (χ0v) is 22.0. The number of fused-ring (bicyclic) bond motifs is 1. The molecule has 0 atom stereocenters. The summed E-state index contributed by atoms with van der Waals surface area (Å²) in [5, 5.41) is 13.1. The first-order valence-corrected chi connectivity index (χ1v) is 12.5. The maximum atomic E-state index is 13.4. The van der Waals surface area contributed by atoms with Gasteiger partial charge in [-0.15, -0.1) is 5.10 Å². The number of hydrogen-bond donors (Lipinski definition) is 1. The van der Waals surface area contributed by atoms with Gasteiger partial charge in [0.25, 0.3) is 5.56 Å². The number of aryl methyl sites for hydroxylation is 1. The third-order valence-corrected chi connectivity index (χ3v) is 6.56. The fourth-order valence-corrected chi connectivity index (χ4v) is 4.48. The normalized spacial score (nSPS) is 11.3. The van der Waals surface area contributed by atoms with Crippen molar-refractivity contribution in [3.05, 3.63) is 111 Å². The predicted molar refractivity (Wildman–Crippen MR) is 145 cm³/mol. The molecule has 2 aromatic heterocycles. The summed E-state index contributed by atoms with van der Waals surface area (Å²) in [6, 6.07) is 20.0. The Morgan fingerprint density at radius 3 is 2.31 bits per heavy atom. The van der Waals surface area contributed by atoms with Crippen molar-refractivity contribution >= 4 is 10.9 Å². The Balaban J connectivity index is 1.45. The Bertz CT molecular complexity index is 1630. The Hall–Kier alpha value is -4.57. The van der Waals surface area contributed by atoms with Crippen LogP contribution >= 0.6 is 0 Å². The number of hydrogen-bond acceptors (Lipinski definition) is 7. The van der Waals surface area contributed by atoms with E-state index in [0.717, 1.165) is 16.5 Å². The van der Waals surface area contributed by atoms with E-state index >= 15 is 0 Å². The number of H-pyrrole nitrogens is 1. The van der Waals surface area contributed by atoms with Gasteiger partial charge < -0.3 is 14.5 Å². The maximum absolute atomic E-state index is 13.4. The Labute approximate surface area is 224 Å². The number of halogens is 1. The van der Waals surface area contributed by atoms with Crippen molar-refractivity contribution < 1.29 is 13.9 Å². The van der Waals surface area contributed by atoms with E-state index in [1.807, 2.05) is 19.1 Å². The molecule has 39 heavy (non-hydrogen) atoms. The van der Waals surface area contributed by atoms with E-state index in [0.29, 0.717) is 54.6 Å². The smallest absolute Gasteiger partial charge is 0.252 e. The number of pyridine rings is 1. The molecule has 0 radical (unpaired) electrons. The molecule has 0 amide bonds. The van der Waals surface area contributed by atoms with Gasteiger partial charge in [0.05, 0.1) is 32.8 Å². The third kappa shape index (κ3) is 6.12. The highest BCUT2D eigenvalue weighted by molar-refractivity contribution is 5.83. The zero-order valence-electron chi connectivity index (χ0n) is 22.0. The summed E-state index contributed by atoms with van der Waals surface area (Å²) in [6.45, 7) is 3.78. The minimum Gasteiger partial charge on any atom is -0.493 e. The van der Waals surface area contributed by atoms with E-state index in [2.05, 4.69) is 49.7 Å². The van der Waals surface area contributed by atoms with Crippen molar-refractivity contribution in [2.45, 2.75) is 33.1 Å². The molecule has 0 saturated heterocycles. The zero-order chi connectivity index (χ0) is 27.4. The summed E-state index contributed by atoms with van der Waals surface area (Å²) in [5.41, 5.74) is 4.22. The van der Waals surface area contributed by atoms with Gasteiger partial charge in [-0.3, -0.25) is 9.69 Å². The van der Waals surface area contributed by atoms with Gasteiger partial charge in [0, 0.05) is 30.1 Å². The molecule has 5 aromatic rings. The first-order valence-electron chi connectivity index (χ1n) is 12.5. The number of rotatable bonds is 10. The second-order valence-corrected chi connectivity index (χ2v) is 9.43. The van der Waals surface area contributed by atoms with Crippen molar-refractivity contribution in [1.82, 2.24) is 30.1 Å². The molecule has 0 saturated carbocycles. The second-order valence-electron chi connectivity index (χ2n) is 9.43. The molecular formula is C29H29FN6O3. The fraction of sp³-hybridized carbons (Fsp3) is 0.241. The van der Waals surface area contributed by atoms with Crippen LogP contribution in [0.3, 0.4) is 0 Å². The summed E-state index contributed by atoms with van der Waals surface area (Å²) >= 11 is 0. The molecule has 9 nitrogen and oxygen atoms in total. The molecule has 10 heteroatoms. The first-order chi connectivity index (χ1) is 18.9. The van der Waals surface area contributed by atoms with Crippen LogP contribution < -0.4 is 15.0 Å². The molecule has 0 bridgehead atoms. The SMILES string of the molecule is COc1cc2cc(CN(Cc3ccc(C)cc3)Cc3nnnn3Cc3ccc(F)cc3)c(=O)[nH]c2cc1OC. The minimum atomic E-state index is -0.295. The number of tetrazole rings is 1. The predicted octanol–water partition coefficient (Wildman–Crippen LogP) is 4.23. The van der Waals surface area contributed by atoms with Crippen LogP contribution in [0.2, 0.25) is 0 Å². The molecule has 1 N–H and O–H groups in total. The van der Waals surface area contributed by atoms with Crippen molar-refractivity contribution in [1.29, 1.82) is 0 Å². The highest BCUT2D eigenvalue weighted by atomic mass is 19.1. The lowest BCUT2D eigenvalue weighted by Gasteiger charge is -2.22. The minimum absolute atomic E-state index is 0.186. The highest BCUT2D eigenvalue weighted by Crippen LogP contribution is 2.31. The largest absolute Gasteiger partial charge is 0.493 e. The van der Waals surface area contributed by atoms with Crippen LogP contribution in [0.4, 0.5) is 4.39 Å². The number of nitrogens with one attached hydrogen (secondary N) is 1. The van der Waals surface area contributed by atoms with Crippen LogP contribution in [0.5, 0.6) is 11.5 Å². The van der Waals surface area contributed by atoms with Crippen molar-refractivity contribution in [2.75, 3.05) is 14.2 Å². The summed E-state index contributed by atoms with van der Waals surface area (Å²) in [5.74, 6) is 1.47. The van der Waals surface area contributed by atoms with Gasteiger partial charge in [-0.05, 0) is 52.7 Å². The fourth-order valence-electron chi connectivity index (χ4n) is 4.48. The van der Waals surface area contributed by atoms with Gasteiger partial charge in [-0.2, -0.15) is 0 Å². The lowest BCUT2D eigenvalue weighted by atomic mass is 10.1. The van der Waals surface area contributed by atoms with Gasteiger partial charge >= 0.3 is 0 Å². The molecule has 0 fully saturated rings. The molecule has 0 aliphatic carbocycles. The topological polar surface area (TPSA) is 98.2 Å². The Morgan fingerprint density at radius 2 is 1.59 bits per heavy atom. The highest BCUT2D eigenvalue weighted by Gasteiger charge is 2.17. The Morgan fingerprint density at radius 1 is 0.897 bits per heavy atom. The van der Waals surface area contributed by atoms with Crippen LogP contribution in [0.25, 0.3) is 10.9 Å². The molecule has 5 rings (SSSR count). The van der Waals surface area contributed by atoms with E-state index in [4.69, 9.17) is 9.47 Å². The third-order valence-electron chi connectivity index (χ3n) is 6.56. The lowest BCUT2D eigenvalue weighted by molar-refractivity contribution is 0.236. The molecule has 0 aliphatic heterocycles. The number of ether oxygens (including phenoxy) is 2. The van der Waals surface area contributed by atoms with E-state index in [-0.39, 0.29) is 11.4 Å². The molecule has 3 aromatic carbocycles. The Kier molecular flexibility index (Phi) is 7.64. The van der Waals surface area contributed by atoms with Crippen LogP contribution in [-0.2, 0) is 26.2 Å². The maximum Gasteiger partial charge on any atom is 0.252 e.